The first-order chi connectivity index (χ1) is 6.70. The largest absolute Gasteiger partial charge is 0.338 e. The highest BCUT2D eigenvalue weighted by molar-refractivity contribution is 5.82. The molecule has 82 valence electrons. The average molecular weight is 198 g/mol. The van der Waals surface area contributed by atoms with Crippen LogP contribution in [0, 0.1) is 0 Å². The molecule has 0 spiro atoms. The number of nitrogens with zero attached hydrogens (tertiary/aromatic N) is 1. The standard InChI is InChI=1S/C11H22N2O/c1-3-6-10(12)11(14)13-8-5-7-9(13)4-2/h9-10H,3-8,12H2,1-2H3/t9?,10-/m0/s1. The van der Waals surface area contributed by atoms with Gasteiger partial charge in [-0.3, -0.25) is 4.79 Å². The van der Waals surface area contributed by atoms with E-state index in [4.69, 9.17) is 5.73 Å². The molecule has 1 rings (SSSR count). The highest BCUT2D eigenvalue weighted by Crippen LogP contribution is 2.20. The fraction of sp³-hybridized carbons (Fsp3) is 0.909. The van der Waals surface area contributed by atoms with Crippen LogP contribution in [-0.4, -0.2) is 29.4 Å². The molecule has 14 heavy (non-hydrogen) atoms. The molecular formula is C11H22N2O. The summed E-state index contributed by atoms with van der Waals surface area (Å²) in [5, 5.41) is 0. The first kappa shape index (κ1) is 11.5. The number of amides is 1. The van der Waals surface area contributed by atoms with Crippen LogP contribution in [0.3, 0.4) is 0 Å². The quantitative estimate of drug-likeness (QED) is 0.744. The van der Waals surface area contributed by atoms with Crippen LogP contribution in [0.25, 0.3) is 0 Å². The molecule has 2 N–H and O–H groups in total. The van der Waals surface area contributed by atoms with E-state index in [2.05, 4.69) is 13.8 Å². The minimum absolute atomic E-state index is 0.163. The smallest absolute Gasteiger partial charge is 0.239 e. The minimum atomic E-state index is -0.271. The van der Waals surface area contributed by atoms with Gasteiger partial charge in [0.25, 0.3) is 0 Å². The van der Waals surface area contributed by atoms with E-state index in [9.17, 15) is 4.79 Å². The Morgan fingerprint density at radius 1 is 1.57 bits per heavy atom. The van der Waals surface area contributed by atoms with E-state index in [1.54, 1.807) is 0 Å². The molecule has 2 atom stereocenters. The van der Waals surface area contributed by atoms with Gasteiger partial charge in [0.2, 0.25) is 5.91 Å². The molecule has 3 nitrogen and oxygen atoms in total. The lowest BCUT2D eigenvalue weighted by Gasteiger charge is -2.26. The van der Waals surface area contributed by atoms with Crippen LogP contribution in [-0.2, 0) is 4.79 Å². The van der Waals surface area contributed by atoms with Gasteiger partial charge in [-0.05, 0) is 25.7 Å². The van der Waals surface area contributed by atoms with Gasteiger partial charge in [0.05, 0.1) is 6.04 Å². The normalized spacial score (nSPS) is 23.9. The third-order valence-corrected chi connectivity index (χ3v) is 3.05. The lowest BCUT2D eigenvalue weighted by Crippen LogP contribution is -2.45. The Balaban J connectivity index is 2.50. The van der Waals surface area contributed by atoms with E-state index in [0.29, 0.717) is 6.04 Å². The molecule has 1 aliphatic rings. The highest BCUT2D eigenvalue weighted by Gasteiger charge is 2.29. The lowest BCUT2D eigenvalue weighted by molar-refractivity contribution is -0.133. The number of nitrogens with two attached hydrogens (primary N) is 1. The Labute approximate surface area is 86.6 Å². The van der Waals surface area contributed by atoms with Crippen molar-refractivity contribution in [3.8, 4) is 0 Å². The molecule has 1 fully saturated rings. The molecule has 0 aliphatic carbocycles. The van der Waals surface area contributed by atoms with E-state index in [-0.39, 0.29) is 11.9 Å². The molecule has 0 aromatic heterocycles. The minimum Gasteiger partial charge on any atom is -0.338 e. The summed E-state index contributed by atoms with van der Waals surface area (Å²) < 4.78 is 0. The number of rotatable bonds is 4. The SMILES string of the molecule is CCC[C@H](N)C(=O)N1CCCC1CC. The summed E-state index contributed by atoms with van der Waals surface area (Å²) in [4.78, 5) is 13.9. The summed E-state index contributed by atoms with van der Waals surface area (Å²) in [6, 6.07) is 0.178. The van der Waals surface area contributed by atoms with Crippen LogP contribution in [0.4, 0.5) is 0 Å². The highest BCUT2D eigenvalue weighted by atomic mass is 16.2. The monoisotopic (exact) mass is 198 g/mol. The number of likely N-dealkylation sites (tertiary alicyclic amines) is 1. The van der Waals surface area contributed by atoms with Crippen LogP contribution in [0.2, 0.25) is 0 Å². The zero-order chi connectivity index (χ0) is 10.6. The molecular weight excluding hydrogens is 176 g/mol. The maximum absolute atomic E-state index is 11.9. The number of hydrogen-bond acceptors (Lipinski definition) is 2. The van der Waals surface area contributed by atoms with Crippen LogP contribution in [0.15, 0.2) is 0 Å². The summed E-state index contributed by atoms with van der Waals surface area (Å²) in [7, 11) is 0. The van der Waals surface area contributed by atoms with Gasteiger partial charge in [-0.25, -0.2) is 0 Å². The second kappa shape index (κ2) is 5.35. The van der Waals surface area contributed by atoms with Gasteiger partial charge in [-0.1, -0.05) is 20.3 Å². The van der Waals surface area contributed by atoms with E-state index in [1.807, 2.05) is 4.90 Å². The summed E-state index contributed by atoms with van der Waals surface area (Å²) in [5.41, 5.74) is 5.83. The Morgan fingerprint density at radius 3 is 2.86 bits per heavy atom. The summed E-state index contributed by atoms with van der Waals surface area (Å²) in [5.74, 6) is 0.163. The van der Waals surface area contributed by atoms with Gasteiger partial charge in [0, 0.05) is 12.6 Å². The van der Waals surface area contributed by atoms with Crippen LogP contribution in [0.1, 0.15) is 46.0 Å². The van der Waals surface area contributed by atoms with Gasteiger partial charge < -0.3 is 10.6 Å². The summed E-state index contributed by atoms with van der Waals surface area (Å²) >= 11 is 0. The maximum Gasteiger partial charge on any atom is 0.239 e. The second-order valence-electron chi connectivity index (χ2n) is 4.13. The van der Waals surface area contributed by atoms with Crippen molar-refractivity contribution in [1.29, 1.82) is 0 Å². The van der Waals surface area contributed by atoms with Gasteiger partial charge in [0.1, 0.15) is 0 Å². The number of carbonyl (C=O) groups excluding carboxylic acids is 1. The Hall–Kier alpha value is -0.570. The van der Waals surface area contributed by atoms with Crippen molar-refractivity contribution in [3.05, 3.63) is 0 Å². The topological polar surface area (TPSA) is 46.3 Å². The number of hydrogen-bond donors (Lipinski definition) is 1. The van der Waals surface area contributed by atoms with E-state index in [0.717, 1.165) is 38.6 Å². The van der Waals surface area contributed by atoms with Crippen molar-refractivity contribution >= 4 is 5.91 Å². The van der Waals surface area contributed by atoms with Crippen molar-refractivity contribution < 1.29 is 4.79 Å². The average Bonchev–Trinajstić information content (AvgIpc) is 2.64. The van der Waals surface area contributed by atoms with Crippen molar-refractivity contribution in [2.75, 3.05) is 6.54 Å². The predicted molar refractivity (Wildman–Crippen MR) is 57.9 cm³/mol. The van der Waals surface area contributed by atoms with Gasteiger partial charge in [0.15, 0.2) is 0 Å². The molecule has 1 amide bonds. The van der Waals surface area contributed by atoms with E-state index < -0.39 is 0 Å². The fourth-order valence-electron chi connectivity index (χ4n) is 2.20. The third-order valence-electron chi connectivity index (χ3n) is 3.05. The van der Waals surface area contributed by atoms with Crippen LogP contribution in [0.5, 0.6) is 0 Å². The van der Waals surface area contributed by atoms with E-state index in [1.165, 1.54) is 0 Å². The van der Waals surface area contributed by atoms with Crippen LogP contribution >= 0.6 is 0 Å². The molecule has 1 aliphatic heterocycles. The van der Waals surface area contributed by atoms with Crippen LogP contribution < -0.4 is 5.73 Å². The molecule has 1 unspecified atom stereocenters. The fourth-order valence-corrected chi connectivity index (χ4v) is 2.20. The predicted octanol–water partition coefficient (Wildman–Crippen LogP) is 1.51. The maximum atomic E-state index is 11.9. The molecule has 1 saturated heterocycles. The molecule has 0 aromatic carbocycles. The van der Waals surface area contributed by atoms with Crippen molar-refractivity contribution in [3.63, 3.8) is 0 Å². The van der Waals surface area contributed by atoms with Crippen molar-refractivity contribution in [2.45, 2.75) is 58.0 Å². The Morgan fingerprint density at radius 2 is 2.29 bits per heavy atom. The molecule has 0 aromatic rings. The van der Waals surface area contributed by atoms with Crippen molar-refractivity contribution in [2.24, 2.45) is 5.73 Å². The zero-order valence-corrected chi connectivity index (χ0v) is 9.33. The Bertz CT molecular complexity index is 194. The molecule has 0 bridgehead atoms. The third kappa shape index (κ3) is 2.47. The van der Waals surface area contributed by atoms with Gasteiger partial charge in [-0.15, -0.1) is 0 Å². The van der Waals surface area contributed by atoms with Gasteiger partial charge in [-0.2, -0.15) is 0 Å². The summed E-state index contributed by atoms with van der Waals surface area (Å²) in [6.07, 6.45) is 5.15. The first-order valence-electron chi connectivity index (χ1n) is 5.76. The zero-order valence-electron chi connectivity index (χ0n) is 9.33. The Kier molecular flexibility index (Phi) is 4.39. The molecule has 1 heterocycles. The molecule has 3 heteroatoms. The van der Waals surface area contributed by atoms with Gasteiger partial charge >= 0.3 is 0 Å². The molecule has 0 saturated carbocycles. The first-order valence-corrected chi connectivity index (χ1v) is 5.76. The second-order valence-corrected chi connectivity index (χ2v) is 4.13. The summed E-state index contributed by atoms with van der Waals surface area (Å²) in [6.45, 7) is 5.12. The van der Waals surface area contributed by atoms with E-state index >= 15 is 0 Å². The lowest BCUT2D eigenvalue weighted by atomic mass is 10.1. The van der Waals surface area contributed by atoms with Crippen molar-refractivity contribution in [1.82, 2.24) is 4.90 Å². The number of carbonyl (C=O) groups is 1. The molecule has 0 radical (unpaired) electrons.